The number of carbonyl (C=O) groups excluding carboxylic acids is 1. The summed E-state index contributed by atoms with van der Waals surface area (Å²) in [6, 6.07) is 7.28. The summed E-state index contributed by atoms with van der Waals surface area (Å²) in [5, 5.41) is 0. The van der Waals surface area contributed by atoms with Crippen molar-refractivity contribution < 1.29 is 9.21 Å². The Morgan fingerprint density at radius 2 is 2.25 bits per heavy atom. The van der Waals surface area contributed by atoms with Gasteiger partial charge in [0.25, 0.3) is 0 Å². The second-order valence-corrected chi connectivity index (χ2v) is 5.16. The highest BCUT2D eigenvalue weighted by atomic mass is 35.5. The van der Waals surface area contributed by atoms with Crippen LogP contribution in [0.2, 0.25) is 4.34 Å². The van der Waals surface area contributed by atoms with E-state index in [0.717, 1.165) is 9.21 Å². The van der Waals surface area contributed by atoms with Gasteiger partial charge in [-0.15, -0.1) is 11.3 Å². The van der Waals surface area contributed by atoms with E-state index in [1.165, 1.54) is 11.3 Å². The molecule has 5 heteroatoms. The minimum atomic E-state index is 0.339. The van der Waals surface area contributed by atoms with E-state index in [-0.39, 0.29) is 0 Å². The number of thiophene rings is 1. The molecule has 0 N–H and O–H groups in total. The van der Waals surface area contributed by atoms with E-state index in [1.807, 2.05) is 24.1 Å². The quantitative estimate of drug-likeness (QED) is 0.785. The average Bonchev–Trinajstić information content (AvgIpc) is 2.87. The fourth-order valence-corrected chi connectivity index (χ4v) is 2.50. The van der Waals surface area contributed by atoms with Gasteiger partial charge in [-0.2, -0.15) is 0 Å². The SMILES string of the molecule is CN(Cc1ccc(Cl)s1)c1ccc(C=O)o1. The van der Waals surface area contributed by atoms with E-state index in [4.69, 9.17) is 16.0 Å². The van der Waals surface area contributed by atoms with E-state index in [2.05, 4.69) is 0 Å². The average molecular weight is 256 g/mol. The van der Waals surface area contributed by atoms with Crippen molar-refractivity contribution in [3.8, 4) is 0 Å². The molecule has 16 heavy (non-hydrogen) atoms. The third-order valence-corrected chi connectivity index (χ3v) is 3.34. The van der Waals surface area contributed by atoms with Crippen LogP contribution in [0.5, 0.6) is 0 Å². The van der Waals surface area contributed by atoms with Crippen molar-refractivity contribution in [1.82, 2.24) is 0 Å². The Balaban J connectivity index is 2.07. The maximum Gasteiger partial charge on any atom is 0.196 e. The molecule has 2 rings (SSSR count). The Hall–Kier alpha value is -1.26. The molecule has 0 spiro atoms. The first-order chi connectivity index (χ1) is 7.69. The topological polar surface area (TPSA) is 33.5 Å². The van der Waals surface area contributed by atoms with Crippen LogP contribution in [0, 0.1) is 0 Å². The number of halogens is 1. The summed E-state index contributed by atoms with van der Waals surface area (Å²) in [5.74, 6) is 1.01. The van der Waals surface area contributed by atoms with Crippen LogP contribution in [0.4, 0.5) is 5.88 Å². The molecule has 2 heterocycles. The highest BCUT2D eigenvalue weighted by Crippen LogP contribution is 2.25. The number of aldehydes is 1. The lowest BCUT2D eigenvalue weighted by Crippen LogP contribution is -2.14. The van der Waals surface area contributed by atoms with Gasteiger partial charge in [-0.25, -0.2) is 0 Å². The zero-order chi connectivity index (χ0) is 11.5. The van der Waals surface area contributed by atoms with Crippen molar-refractivity contribution in [2.24, 2.45) is 0 Å². The first-order valence-corrected chi connectivity index (χ1v) is 5.89. The summed E-state index contributed by atoms with van der Waals surface area (Å²) >= 11 is 7.38. The van der Waals surface area contributed by atoms with Gasteiger partial charge in [0.05, 0.1) is 10.9 Å². The van der Waals surface area contributed by atoms with Crippen LogP contribution in [0.25, 0.3) is 0 Å². The molecule has 0 aromatic carbocycles. The molecule has 0 atom stereocenters. The van der Waals surface area contributed by atoms with Gasteiger partial charge in [0.15, 0.2) is 17.9 Å². The maximum absolute atomic E-state index is 10.5. The molecule has 3 nitrogen and oxygen atoms in total. The zero-order valence-electron chi connectivity index (χ0n) is 8.64. The van der Waals surface area contributed by atoms with Crippen molar-refractivity contribution in [3.05, 3.63) is 39.2 Å². The smallest absolute Gasteiger partial charge is 0.196 e. The summed E-state index contributed by atoms with van der Waals surface area (Å²) < 4.78 is 6.08. The number of rotatable bonds is 4. The van der Waals surface area contributed by atoms with Crippen LogP contribution >= 0.6 is 22.9 Å². The Kier molecular flexibility index (Phi) is 3.31. The standard InChI is InChI=1S/C11H10ClNO2S/c1-13(6-9-3-4-10(12)16-9)11-5-2-8(7-14)15-11/h2-5,7H,6H2,1H3. The highest BCUT2D eigenvalue weighted by Gasteiger charge is 2.08. The lowest BCUT2D eigenvalue weighted by atomic mass is 10.4. The molecule has 0 saturated carbocycles. The number of carbonyl (C=O) groups is 1. The van der Waals surface area contributed by atoms with Crippen molar-refractivity contribution in [2.75, 3.05) is 11.9 Å². The zero-order valence-corrected chi connectivity index (χ0v) is 10.2. The first-order valence-electron chi connectivity index (χ1n) is 4.69. The molecule has 0 aliphatic carbocycles. The predicted octanol–water partition coefficient (Wildman–Crippen LogP) is 3.44. The monoisotopic (exact) mass is 255 g/mol. The summed E-state index contributed by atoms with van der Waals surface area (Å²) in [6.45, 7) is 0.712. The van der Waals surface area contributed by atoms with Gasteiger partial charge < -0.3 is 9.32 Å². The molecular formula is C11H10ClNO2S. The summed E-state index contributed by atoms with van der Waals surface area (Å²) in [5.41, 5.74) is 0. The molecule has 0 aliphatic rings. The summed E-state index contributed by atoms with van der Waals surface area (Å²) in [7, 11) is 1.90. The van der Waals surface area contributed by atoms with Crippen LogP contribution < -0.4 is 4.90 Å². The highest BCUT2D eigenvalue weighted by molar-refractivity contribution is 7.16. The largest absolute Gasteiger partial charge is 0.438 e. The Labute approximate surface area is 102 Å². The van der Waals surface area contributed by atoms with E-state index in [1.54, 1.807) is 12.1 Å². The van der Waals surface area contributed by atoms with Gasteiger partial charge in [-0.3, -0.25) is 4.79 Å². The predicted molar refractivity (Wildman–Crippen MR) is 65.5 cm³/mol. The van der Waals surface area contributed by atoms with Gasteiger partial charge in [0.2, 0.25) is 0 Å². The van der Waals surface area contributed by atoms with Crippen LogP contribution in [-0.4, -0.2) is 13.3 Å². The van der Waals surface area contributed by atoms with Crippen LogP contribution in [0.15, 0.2) is 28.7 Å². The molecule has 84 valence electrons. The number of furan rings is 1. The van der Waals surface area contributed by atoms with Crippen molar-refractivity contribution >= 4 is 35.1 Å². The number of hydrogen-bond donors (Lipinski definition) is 0. The van der Waals surface area contributed by atoms with Crippen LogP contribution in [0.1, 0.15) is 15.4 Å². The molecule has 0 unspecified atom stereocenters. The number of nitrogens with zero attached hydrogens (tertiary/aromatic N) is 1. The fourth-order valence-electron chi connectivity index (χ4n) is 1.36. The summed E-state index contributed by atoms with van der Waals surface area (Å²) in [6.07, 6.45) is 0.694. The lowest BCUT2D eigenvalue weighted by Gasteiger charge is -2.14. The molecule has 0 amide bonds. The Bertz CT molecular complexity index is 492. The van der Waals surface area contributed by atoms with Gasteiger partial charge in [0.1, 0.15) is 0 Å². The van der Waals surface area contributed by atoms with Gasteiger partial charge in [-0.1, -0.05) is 11.6 Å². The van der Waals surface area contributed by atoms with Crippen molar-refractivity contribution in [3.63, 3.8) is 0 Å². The summed E-state index contributed by atoms with van der Waals surface area (Å²) in [4.78, 5) is 13.6. The Morgan fingerprint density at radius 1 is 1.44 bits per heavy atom. The lowest BCUT2D eigenvalue weighted by molar-refractivity contribution is 0.110. The van der Waals surface area contributed by atoms with Crippen LogP contribution in [-0.2, 0) is 6.54 Å². The van der Waals surface area contributed by atoms with E-state index >= 15 is 0 Å². The van der Waals surface area contributed by atoms with Crippen LogP contribution in [0.3, 0.4) is 0 Å². The molecule has 0 fully saturated rings. The van der Waals surface area contributed by atoms with Gasteiger partial charge in [0, 0.05) is 18.0 Å². The fraction of sp³-hybridized carbons (Fsp3) is 0.182. The van der Waals surface area contributed by atoms with Crippen molar-refractivity contribution in [2.45, 2.75) is 6.54 Å². The second-order valence-electron chi connectivity index (χ2n) is 3.36. The van der Waals surface area contributed by atoms with Gasteiger partial charge in [-0.05, 0) is 18.2 Å². The first kappa shape index (κ1) is 11.2. The minimum Gasteiger partial charge on any atom is -0.438 e. The molecule has 0 aliphatic heterocycles. The third-order valence-electron chi connectivity index (χ3n) is 2.13. The molecule has 0 bridgehead atoms. The second kappa shape index (κ2) is 4.72. The van der Waals surface area contributed by atoms with E-state index < -0.39 is 0 Å². The molecular weight excluding hydrogens is 246 g/mol. The Morgan fingerprint density at radius 3 is 2.81 bits per heavy atom. The normalized spacial score (nSPS) is 10.4. The number of hydrogen-bond acceptors (Lipinski definition) is 4. The molecule has 2 aromatic rings. The third kappa shape index (κ3) is 2.46. The molecule has 0 radical (unpaired) electrons. The van der Waals surface area contributed by atoms with Gasteiger partial charge >= 0.3 is 0 Å². The number of anilines is 1. The minimum absolute atomic E-state index is 0.339. The van der Waals surface area contributed by atoms with E-state index in [0.29, 0.717) is 24.5 Å². The van der Waals surface area contributed by atoms with E-state index in [9.17, 15) is 4.79 Å². The maximum atomic E-state index is 10.5. The van der Waals surface area contributed by atoms with Crippen molar-refractivity contribution in [1.29, 1.82) is 0 Å². The molecule has 2 aromatic heterocycles. The molecule has 0 saturated heterocycles.